The van der Waals surface area contributed by atoms with Crippen LogP contribution >= 0.6 is 0 Å². The molecule has 0 radical (unpaired) electrons. The van der Waals surface area contributed by atoms with Gasteiger partial charge in [0.1, 0.15) is 19.3 Å². The van der Waals surface area contributed by atoms with Crippen molar-refractivity contribution in [3.63, 3.8) is 0 Å². The van der Waals surface area contributed by atoms with Crippen molar-refractivity contribution in [3.05, 3.63) is 47.6 Å². The SMILES string of the molecule is CN1CCC(Nc2cccc3c2cc(-c2noc(Cn4ncc(C(N)=O)c4C(C)(C)C)n2)n3CC(F)(F)F)C(F)C1. The molecule has 0 saturated carbocycles. The topological polar surface area (TPSA) is 120 Å². The van der Waals surface area contributed by atoms with Crippen molar-refractivity contribution >= 4 is 22.5 Å². The van der Waals surface area contributed by atoms with E-state index in [1.807, 2.05) is 32.7 Å². The maximum atomic E-state index is 14.8. The number of fused-ring (bicyclic) bond motifs is 1. The summed E-state index contributed by atoms with van der Waals surface area (Å²) in [4.78, 5) is 18.2. The molecule has 5 rings (SSSR count). The standard InChI is InChI=1S/C27H32F4N8O2/c1-26(2,3)23-16(24(32)40)11-33-39(23)13-22-35-25(36-41-22)21-10-15-18(34-19-8-9-37(4)12-17(19)28)6-5-7-20(15)38(21)14-27(29,30)31/h5-7,10-11,17,19,34H,8-9,12-14H2,1-4H3,(H2,32,40). The first kappa shape index (κ1) is 28.6. The quantitative estimate of drug-likeness (QED) is 0.314. The zero-order valence-corrected chi connectivity index (χ0v) is 23.2. The maximum absolute atomic E-state index is 14.8. The Kier molecular flexibility index (Phi) is 7.30. The number of aromatic nitrogens is 5. The van der Waals surface area contributed by atoms with Crippen LogP contribution in [0.2, 0.25) is 0 Å². The van der Waals surface area contributed by atoms with Gasteiger partial charge in [0.2, 0.25) is 11.7 Å². The Morgan fingerprint density at radius 3 is 2.66 bits per heavy atom. The van der Waals surface area contributed by atoms with E-state index in [2.05, 4.69) is 20.6 Å². The highest BCUT2D eigenvalue weighted by Gasteiger charge is 2.33. The van der Waals surface area contributed by atoms with E-state index in [4.69, 9.17) is 10.3 Å². The number of nitrogens with one attached hydrogen (secondary N) is 1. The summed E-state index contributed by atoms with van der Waals surface area (Å²) in [6, 6.07) is 6.01. The van der Waals surface area contributed by atoms with Crippen molar-refractivity contribution in [1.29, 1.82) is 0 Å². The molecule has 1 amide bonds. The van der Waals surface area contributed by atoms with Crippen molar-refractivity contribution in [3.8, 4) is 11.5 Å². The van der Waals surface area contributed by atoms with Crippen molar-refractivity contribution < 1.29 is 26.9 Å². The summed E-state index contributed by atoms with van der Waals surface area (Å²) in [5.74, 6) is -0.597. The Morgan fingerprint density at radius 1 is 1.24 bits per heavy atom. The van der Waals surface area contributed by atoms with Crippen LogP contribution in [-0.2, 0) is 18.5 Å². The molecular weight excluding hydrogens is 544 g/mol. The lowest BCUT2D eigenvalue weighted by atomic mass is 9.89. The summed E-state index contributed by atoms with van der Waals surface area (Å²) in [6.07, 6.45) is -3.74. The average molecular weight is 577 g/mol. The van der Waals surface area contributed by atoms with E-state index in [0.29, 0.717) is 35.2 Å². The van der Waals surface area contributed by atoms with E-state index in [-0.39, 0.29) is 36.1 Å². The molecule has 41 heavy (non-hydrogen) atoms. The number of piperidine rings is 1. The number of halogens is 4. The normalized spacial score (nSPS) is 18.7. The van der Waals surface area contributed by atoms with Crippen LogP contribution in [0.4, 0.5) is 23.2 Å². The Morgan fingerprint density at radius 2 is 2.00 bits per heavy atom. The molecule has 2 atom stereocenters. The molecule has 3 aromatic heterocycles. The van der Waals surface area contributed by atoms with Crippen LogP contribution in [-0.4, -0.2) is 73.8 Å². The van der Waals surface area contributed by atoms with Gasteiger partial charge in [-0.15, -0.1) is 0 Å². The van der Waals surface area contributed by atoms with Gasteiger partial charge in [0.15, 0.2) is 0 Å². The van der Waals surface area contributed by atoms with Gasteiger partial charge in [-0.3, -0.25) is 9.48 Å². The number of rotatable bonds is 7. The van der Waals surface area contributed by atoms with Crippen LogP contribution in [0.25, 0.3) is 22.4 Å². The fraction of sp³-hybridized carbons (Fsp3) is 0.481. The molecule has 3 N–H and O–H groups in total. The van der Waals surface area contributed by atoms with Crippen LogP contribution < -0.4 is 11.1 Å². The minimum Gasteiger partial charge on any atom is -0.379 e. The molecule has 0 bridgehead atoms. The summed E-state index contributed by atoms with van der Waals surface area (Å²) in [5, 5.41) is 11.9. The van der Waals surface area contributed by atoms with Gasteiger partial charge >= 0.3 is 6.18 Å². The first-order valence-corrected chi connectivity index (χ1v) is 13.2. The third-order valence-electron chi connectivity index (χ3n) is 7.17. The molecule has 1 fully saturated rings. The van der Waals surface area contributed by atoms with Crippen LogP contribution in [0.3, 0.4) is 0 Å². The van der Waals surface area contributed by atoms with Crippen LogP contribution in [0.1, 0.15) is 49.1 Å². The van der Waals surface area contributed by atoms with Crippen molar-refractivity contribution in [2.24, 2.45) is 5.73 Å². The predicted molar refractivity (Wildman–Crippen MR) is 144 cm³/mol. The fourth-order valence-corrected chi connectivity index (χ4v) is 5.39. The van der Waals surface area contributed by atoms with Gasteiger partial charge in [-0.05, 0) is 31.7 Å². The van der Waals surface area contributed by atoms with Gasteiger partial charge in [0, 0.05) is 29.6 Å². The number of hydrogen-bond donors (Lipinski definition) is 2. The Balaban J connectivity index is 1.52. The summed E-state index contributed by atoms with van der Waals surface area (Å²) in [6.45, 7) is 5.35. The molecule has 0 spiro atoms. The molecule has 14 heteroatoms. The average Bonchev–Trinajstić information content (AvgIpc) is 3.58. The molecule has 1 aliphatic heterocycles. The van der Waals surface area contributed by atoms with E-state index in [1.54, 1.807) is 24.3 Å². The van der Waals surface area contributed by atoms with Crippen LogP contribution in [0.15, 0.2) is 35.0 Å². The number of nitrogens with two attached hydrogens (primary N) is 1. The third kappa shape index (κ3) is 5.92. The number of carbonyl (C=O) groups is 1. The van der Waals surface area contributed by atoms with Crippen LogP contribution in [0, 0.1) is 0 Å². The Hall–Kier alpha value is -3.94. The highest BCUT2D eigenvalue weighted by atomic mass is 19.4. The summed E-state index contributed by atoms with van der Waals surface area (Å²) in [7, 11) is 1.85. The van der Waals surface area contributed by atoms with E-state index < -0.39 is 36.3 Å². The molecule has 1 aromatic carbocycles. The molecule has 1 aliphatic rings. The van der Waals surface area contributed by atoms with Crippen molar-refractivity contribution in [2.75, 3.05) is 25.5 Å². The molecule has 4 aromatic rings. The van der Waals surface area contributed by atoms with Gasteiger partial charge in [-0.25, -0.2) is 4.39 Å². The molecular formula is C27H32F4N8O2. The van der Waals surface area contributed by atoms with Gasteiger partial charge in [0.25, 0.3) is 5.91 Å². The van der Waals surface area contributed by atoms with Crippen LogP contribution in [0.5, 0.6) is 0 Å². The van der Waals surface area contributed by atoms with E-state index in [9.17, 15) is 22.4 Å². The number of benzene rings is 1. The number of alkyl halides is 4. The molecule has 1 saturated heterocycles. The zero-order chi connectivity index (χ0) is 29.7. The number of carbonyl (C=O) groups excluding carboxylic acids is 1. The van der Waals surface area contributed by atoms with Gasteiger partial charge in [0.05, 0.1) is 34.7 Å². The first-order valence-electron chi connectivity index (χ1n) is 13.2. The molecule has 0 aliphatic carbocycles. The zero-order valence-electron chi connectivity index (χ0n) is 23.2. The maximum Gasteiger partial charge on any atom is 0.406 e. The lowest BCUT2D eigenvalue weighted by Crippen LogP contribution is -2.46. The number of amides is 1. The van der Waals surface area contributed by atoms with Gasteiger partial charge in [-0.1, -0.05) is 32.0 Å². The third-order valence-corrected chi connectivity index (χ3v) is 7.17. The lowest BCUT2D eigenvalue weighted by molar-refractivity contribution is -0.139. The first-order chi connectivity index (χ1) is 19.2. The molecule has 4 heterocycles. The minimum atomic E-state index is -4.53. The fourth-order valence-electron chi connectivity index (χ4n) is 5.39. The number of likely N-dealkylation sites (tertiary alicyclic amines) is 1. The number of hydrogen-bond acceptors (Lipinski definition) is 7. The molecule has 220 valence electrons. The Bertz CT molecular complexity index is 1570. The number of nitrogens with zero attached hydrogens (tertiary/aromatic N) is 6. The van der Waals surface area contributed by atoms with E-state index in [1.165, 1.54) is 10.9 Å². The summed E-state index contributed by atoms with van der Waals surface area (Å²) < 4.78 is 63.9. The summed E-state index contributed by atoms with van der Waals surface area (Å²) >= 11 is 0. The second-order valence-corrected chi connectivity index (χ2v) is 11.5. The molecule has 2 unspecified atom stereocenters. The number of anilines is 1. The largest absolute Gasteiger partial charge is 0.406 e. The van der Waals surface area contributed by atoms with Gasteiger partial charge in [-0.2, -0.15) is 23.3 Å². The second-order valence-electron chi connectivity index (χ2n) is 11.5. The van der Waals surface area contributed by atoms with Crippen molar-refractivity contribution in [2.45, 2.75) is 64.1 Å². The molecule has 10 nitrogen and oxygen atoms in total. The number of primary amides is 1. The minimum absolute atomic E-state index is 0.0206. The summed E-state index contributed by atoms with van der Waals surface area (Å²) in [5.41, 5.74) is 6.75. The second kappa shape index (κ2) is 10.5. The smallest absolute Gasteiger partial charge is 0.379 e. The highest BCUT2D eigenvalue weighted by Crippen LogP contribution is 2.35. The highest BCUT2D eigenvalue weighted by molar-refractivity contribution is 5.96. The van der Waals surface area contributed by atoms with E-state index >= 15 is 0 Å². The van der Waals surface area contributed by atoms with Gasteiger partial charge < -0.3 is 25.0 Å². The predicted octanol–water partition coefficient (Wildman–Crippen LogP) is 4.35. The Labute approximate surface area is 233 Å². The van der Waals surface area contributed by atoms with E-state index in [0.717, 1.165) is 4.57 Å². The monoisotopic (exact) mass is 576 g/mol. The lowest BCUT2D eigenvalue weighted by Gasteiger charge is -2.33. The van der Waals surface area contributed by atoms with Crippen molar-refractivity contribution in [1.82, 2.24) is 29.4 Å².